The SMILES string of the molecule is O=C1CCC2(CCN1)CCN(c1ccncc1F)CC2. The van der Waals surface area contributed by atoms with E-state index in [0.29, 0.717) is 12.1 Å². The minimum absolute atomic E-state index is 0.171. The zero-order chi connectivity index (χ0) is 14.0. The fraction of sp³-hybridized carbons (Fsp3) is 0.600. The van der Waals surface area contributed by atoms with Gasteiger partial charge in [-0.15, -0.1) is 0 Å². The van der Waals surface area contributed by atoms with E-state index in [0.717, 1.165) is 45.3 Å². The Kier molecular flexibility index (Phi) is 3.59. The second-order valence-electron chi connectivity index (χ2n) is 5.91. The average Bonchev–Trinajstić information content (AvgIpc) is 2.64. The van der Waals surface area contributed by atoms with E-state index in [9.17, 15) is 9.18 Å². The third-order valence-electron chi connectivity index (χ3n) is 4.78. The molecule has 0 radical (unpaired) electrons. The van der Waals surface area contributed by atoms with Gasteiger partial charge in [-0.2, -0.15) is 0 Å². The number of amides is 1. The fourth-order valence-electron chi connectivity index (χ4n) is 3.41. The van der Waals surface area contributed by atoms with Gasteiger partial charge in [0.15, 0.2) is 5.82 Å². The molecule has 0 atom stereocenters. The van der Waals surface area contributed by atoms with Gasteiger partial charge in [-0.3, -0.25) is 9.78 Å². The van der Waals surface area contributed by atoms with Crippen molar-refractivity contribution < 1.29 is 9.18 Å². The number of carbonyl (C=O) groups is 1. The van der Waals surface area contributed by atoms with Crippen molar-refractivity contribution in [3.05, 3.63) is 24.3 Å². The zero-order valence-corrected chi connectivity index (χ0v) is 11.6. The highest BCUT2D eigenvalue weighted by Gasteiger charge is 2.36. The van der Waals surface area contributed by atoms with Crippen LogP contribution in [0.25, 0.3) is 0 Å². The first-order valence-corrected chi connectivity index (χ1v) is 7.30. The van der Waals surface area contributed by atoms with Crippen molar-refractivity contribution in [2.75, 3.05) is 24.5 Å². The maximum atomic E-state index is 13.8. The highest BCUT2D eigenvalue weighted by Crippen LogP contribution is 2.41. The molecule has 5 heteroatoms. The summed E-state index contributed by atoms with van der Waals surface area (Å²) < 4.78 is 13.8. The van der Waals surface area contributed by atoms with Gasteiger partial charge in [-0.25, -0.2) is 4.39 Å². The lowest BCUT2D eigenvalue weighted by Gasteiger charge is -2.42. The number of hydrogen-bond acceptors (Lipinski definition) is 3. The lowest BCUT2D eigenvalue weighted by Crippen LogP contribution is -2.41. The second kappa shape index (κ2) is 5.38. The van der Waals surface area contributed by atoms with Gasteiger partial charge in [0.05, 0.1) is 11.9 Å². The lowest BCUT2D eigenvalue weighted by atomic mass is 9.73. The van der Waals surface area contributed by atoms with Crippen LogP contribution in [0.2, 0.25) is 0 Å². The molecular formula is C15H20FN3O. The van der Waals surface area contributed by atoms with Crippen LogP contribution < -0.4 is 10.2 Å². The van der Waals surface area contributed by atoms with Gasteiger partial charge in [0, 0.05) is 32.3 Å². The molecule has 1 spiro atoms. The van der Waals surface area contributed by atoms with E-state index in [-0.39, 0.29) is 17.1 Å². The minimum atomic E-state index is -0.249. The third kappa shape index (κ3) is 2.62. The first-order chi connectivity index (χ1) is 9.69. The summed E-state index contributed by atoms with van der Waals surface area (Å²) in [6, 6.07) is 1.74. The predicted molar refractivity (Wildman–Crippen MR) is 74.9 cm³/mol. The Morgan fingerprint density at radius 1 is 1.25 bits per heavy atom. The number of rotatable bonds is 1. The molecule has 1 aromatic rings. The Morgan fingerprint density at radius 2 is 2.05 bits per heavy atom. The summed E-state index contributed by atoms with van der Waals surface area (Å²) >= 11 is 0. The van der Waals surface area contributed by atoms with Gasteiger partial charge < -0.3 is 10.2 Å². The van der Waals surface area contributed by atoms with E-state index in [1.54, 1.807) is 12.3 Å². The van der Waals surface area contributed by atoms with Crippen LogP contribution >= 0.6 is 0 Å². The summed E-state index contributed by atoms with van der Waals surface area (Å²) in [4.78, 5) is 17.4. The number of nitrogens with zero attached hydrogens (tertiary/aromatic N) is 2. The fourth-order valence-corrected chi connectivity index (χ4v) is 3.41. The molecule has 1 amide bonds. The number of halogens is 1. The maximum absolute atomic E-state index is 13.8. The topological polar surface area (TPSA) is 45.2 Å². The Hall–Kier alpha value is -1.65. The molecule has 0 unspecified atom stereocenters. The Balaban J connectivity index is 1.67. The Bertz CT molecular complexity index is 498. The van der Waals surface area contributed by atoms with Crippen molar-refractivity contribution in [1.29, 1.82) is 0 Å². The molecule has 0 bridgehead atoms. The van der Waals surface area contributed by atoms with Crippen LogP contribution in [0.1, 0.15) is 32.1 Å². The van der Waals surface area contributed by atoms with E-state index in [1.807, 2.05) is 0 Å². The monoisotopic (exact) mass is 277 g/mol. The minimum Gasteiger partial charge on any atom is -0.369 e. The van der Waals surface area contributed by atoms with Crippen molar-refractivity contribution in [1.82, 2.24) is 10.3 Å². The number of hydrogen-bond donors (Lipinski definition) is 1. The van der Waals surface area contributed by atoms with Gasteiger partial charge in [-0.05, 0) is 37.2 Å². The molecule has 1 aromatic heterocycles. The second-order valence-corrected chi connectivity index (χ2v) is 5.91. The predicted octanol–water partition coefficient (Wildman–Crippen LogP) is 2.11. The quantitative estimate of drug-likeness (QED) is 0.855. The van der Waals surface area contributed by atoms with Crippen molar-refractivity contribution in [3.63, 3.8) is 0 Å². The average molecular weight is 277 g/mol. The van der Waals surface area contributed by atoms with Crippen LogP contribution in [0.5, 0.6) is 0 Å². The molecule has 2 aliphatic rings. The summed E-state index contributed by atoms with van der Waals surface area (Å²) in [5.74, 6) is -0.0781. The Labute approximate surface area is 118 Å². The molecule has 4 nitrogen and oxygen atoms in total. The highest BCUT2D eigenvalue weighted by molar-refractivity contribution is 5.76. The van der Waals surface area contributed by atoms with Crippen LogP contribution in [0.4, 0.5) is 10.1 Å². The molecular weight excluding hydrogens is 257 g/mol. The van der Waals surface area contributed by atoms with Crippen molar-refractivity contribution >= 4 is 11.6 Å². The summed E-state index contributed by atoms with van der Waals surface area (Å²) in [5, 5.41) is 2.95. The lowest BCUT2D eigenvalue weighted by molar-refractivity contribution is -0.120. The number of carbonyl (C=O) groups excluding carboxylic acids is 1. The Morgan fingerprint density at radius 3 is 2.80 bits per heavy atom. The molecule has 2 aliphatic heterocycles. The standard InChI is InChI=1S/C15H20FN3O/c16-12-11-17-7-2-13(12)19-9-5-15(6-10-19)3-1-14(20)18-8-4-15/h2,7,11H,1,3-6,8-10H2,(H,18,20). The number of anilines is 1. The van der Waals surface area contributed by atoms with Gasteiger partial charge in [0.1, 0.15) is 0 Å². The first kappa shape index (κ1) is 13.3. The molecule has 2 saturated heterocycles. The molecule has 0 aliphatic carbocycles. The largest absolute Gasteiger partial charge is 0.369 e. The van der Waals surface area contributed by atoms with E-state index in [1.165, 1.54) is 6.20 Å². The van der Waals surface area contributed by atoms with Crippen LogP contribution in [0.15, 0.2) is 18.5 Å². The molecule has 20 heavy (non-hydrogen) atoms. The first-order valence-electron chi connectivity index (χ1n) is 7.30. The molecule has 3 rings (SSSR count). The van der Waals surface area contributed by atoms with E-state index in [4.69, 9.17) is 0 Å². The highest BCUT2D eigenvalue weighted by atomic mass is 19.1. The van der Waals surface area contributed by atoms with Crippen LogP contribution in [0, 0.1) is 11.2 Å². The van der Waals surface area contributed by atoms with Gasteiger partial charge in [0.25, 0.3) is 0 Å². The van der Waals surface area contributed by atoms with E-state index >= 15 is 0 Å². The van der Waals surface area contributed by atoms with E-state index < -0.39 is 0 Å². The molecule has 2 fully saturated rings. The third-order valence-corrected chi connectivity index (χ3v) is 4.78. The summed E-state index contributed by atoms with van der Waals surface area (Å²) in [6.45, 7) is 2.49. The van der Waals surface area contributed by atoms with Crippen molar-refractivity contribution in [3.8, 4) is 0 Å². The van der Waals surface area contributed by atoms with Crippen molar-refractivity contribution in [2.24, 2.45) is 5.41 Å². The van der Waals surface area contributed by atoms with Crippen LogP contribution in [0.3, 0.4) is 0 Å². The van der Waals surface area contributed by atoms with E-state index in [2.05, 4.69) is 15.2 Å². The number of aromatic nitrogens is 1. The number of piperidine rings is 1. The van der Waals surface area contributed by atoms with Crippen molar-refractivity contribution in [2.45, 2.75) is 32.1 Å². The van der Waals surface area contributed by atoms with Gasteiger partial charge in [0.2, 0.25) is 5.91 Å². The molecule has 0 saturated carbocycles. The van der Waals surface area contributed by atoms with Crippen LogP contribution in [-0.2, 0) is 4.79 Å². The number of pyridine rings is 1. The van der Waals surface area contributed by atoms with Gasteiger partial charge >= 0.3 is 0 Å². The smallest absolute Gasteiger partial charge is 0.220 e. The summed E-state index contributed by atoms with van der Waals surface area (Å²) in [5.41, 5.74) is 0.914. The molecule has 108 valence electrons. The molecule has 0 aromatic carbocycles. The molecule has 1 N–H and O–H groups in total. The molecule has 3 heterocycles. The summed E-state index contributed by atoms with van der Waals surface area (Å²) in [6.07, 6.45) is 7.61. The maximum Gasteiger partial charge on any atom is 0.220 e. The normalized spacial score (nSPS) is 22.4. The van der Waals surface area contributed by atoms with Gasteiger partial charge in [-0.1, -0.05) is 0 Å². The number of nitrogens with one attached hydrogen (secondary N) is 1. The zero-order valence-electron chi connectivity index (χ0n) is 11.6. The summed E-state index contributed by atoms with van der Waals surface area (Å²) in [7, 11) is 0. The van der Waals surface area contributed by atoms with Crippen LogP contribution in [-0.4, -0.2) is 30.5 Å².